The lowest BCUT2D eigenvalue weighted by molar-refractivity contribution is 0.430. The van der Waals surface area contributed by atoms with Crippen molar-refractivity contribution >= 4 is 0 Å². The molecule has 0 fully saturated rings. The molecule has 0 aromatic heterocycles. The molecule has 0 heterocycles. The van der Waals surface area contributed by atoms with Crippen LogP contribution < -0.4 is 0 Å². The Labute approximate surface area is 66.6 Å². The van der Waals surface area contributed by atoms with E-state index in [1.807, 2.05) is 0 Å². The summed E-state index contributed by atoms with van der Waals surface area (Å²) in [4.78, 5) is 0. The smallest absolute Gasteiger partial charge is 0.116 e. The van der Waals surface area contributed by atoms with Gasteiger partial charge in [0.05, 0.1) is 0 Å². The molecule has 0 saturated carbocycles. The molecule has 0 nitrogen and oxygen atoms in total. The van der Waals surface area contributed by atoms with E-state index in [0.29, 0.717) is 12.0 Å². The molecule has 11 heavy (non-hydrogen) atoms. The van der Waals surface area contributed by atoms with Crippen LogP contribution >= 0.6 is 0 Å². The number of rotatable bonds is 3. The predicted molar refractivity (Wildman–Crippen MR) is 43.8 cm³/mol. The van der Waals surface area contributed by atoms with Gasteiger partial charge < -0.3 is 0 Å². The number of alkyl halides is 1. The monoisotopic (exact) mass is 160 g/mol. The molecule has 0 saturated heterocycles. The average molecular weight is 160 g/mol. The minimum absolute atomic E-state index is 0.179. The molecule has 0 radical (unpaired) electrons. The van der Waals surface area contributed by atoms with Crippen LogP contribution in [0.1, 0.15) is 27.2 Å². The standard InChI is InChI=1S/C9H14F2/c1-4-9(11)7(2)5-6-8(3)10/h5-6,8H,4H2,1-3H3/b6-5-,9-7+. The third-order valence-electron chi connectivity index (χ3n) is 1.35. The highest BCUT2D eigenvalue weighted by Crippen LogP contribution is 2.10. The fraction of sp³-hybridized carbons (Fsp3) is 0.556. The molecule has 0 N–H and O–H groups in total. The van der Waals surface area contributed by atoms with Crippen molar-refractivity contribution in [3.05, 3.63) is 23.6 Å². The van der Waals surface area contributed by atoms with Crippen LogP contribution in [0.5, 0.6) is 0 Å². The third kappa shape index (κ3) is 4.71. The van der Waals surface area contributed by atoms with Gasteiger partial charge in [0, 0.05) is 0 Å². The zero-order valence-corrected chi connectivity index (χ0v) is 7.20. The first-order valence-electron chi connectivity index (χ1n) is 3.75. The van der Waals surface area contributed by atoms with Crippen LogP contribution in [0.3, 0.4) is 0 Å². The van der Waals surface area contributed by atoms with E-state index in [9.17, 15) is 8.78 Å². The Balaban J connectivity index is 4.15. The van der Waals surface area contributed by atoms with Crippen molar-refractivity contribution in [2.75, 3.05) is 0 Å². The van der Waals surface area contributed by atoms with Crippen LogP contribution in [0.25, 0.3) is 0 Å². The molecular weight excluding hydrogens is 146 g/mol. The maximum Gasteiger partial charge on any atom is 0.116 e. The summed E-state index contributed by atoms with van der Waals surface area (Å²) < 4.78 is 24.9. The summed E-state index contributed by atoms with van der Waals surface area (Å²) in [6.07, 6.45) is 2.18. The van der Waals surface area contributed by atoms with Crippen molar-refractivity contribution in [2.24, 2.45) is 0 Å². The van der Waals surface area contributed by atoms with Crippen LogP contribution in [0.4, 0.5) is 8.78 Å². The first-order chi connectivity index (χ1) is 5.07. The number of allylic oxidation sites excluding steroid dienone is 4. The van der Waals surface area contributed by atoms with Gasteiger partial charge in [0.25, 0.3) is 0 Å². The third-order valence-corrected chi connectivity index (χ3v) is 1.35. The molecule has 0 spiro atoms. The minimum Gasteiger partial charge on any atom is -0.243 e. The Morgan fingerprint density at radius 3 is 2.45 bits per heavy atom. The van der Waals surface area contributed by atoms with Gasteiger partial charge in [-0.1, -0.05) is 19.1 Å². The van der Waals surface area contributed by atoms with Gasteiger partial charge in [-0.15, -0.1) is 0 Å². The average Bonchev–Trinajstić information content (AvgIpc) is 1.98. The summed E-state index contributed by atoms with van der Waals surface area (Å²) in [5.74, 6) is -0.179. The fourth-order valence-electron chi connectivity index (χ4n) is 0.646. The lowest BCUT2D eigenvalue weighted by Crippen LogP contribution is -1.84. The molecular formula is C9H14F2. The summed E-state index contributed by atoms with van der Waals surface area (Å²) in [7, 11) is 0. The Hall–Kier alpha value is -0.660. The summed E-state index contributed by atoms with van der Waals surface area (Å²) in [6, 6.07) is 0. The van der Waals surface area contributed by atoms with E-state index >= 15 is 0 Å². The van der Waals surface area contributed by atoms with Crippen LogP contribution in [0, 0.1) is 0 Å². The van der Waals surface area contributed by atoms with Crippen molar-refractivity contribution in [1.82, 2.24) is 0 Å². The topological polar surface area (TPSA) is 0 Å². The lowest BCUT2D eigenvalue weighted by atomic mass is 10.2. The van der Waals surface area contributed by atoms with Crippen LogP contribution in [0.2, 0.25) is 0 Å². The first kappa shape index (κ1) is 10.3. The molecule has 0 rings (SSSR count). The Bertz CT molecular complexity index is 166. The summed E-state index contributed by atoms with van der Waals surface area (Å²) in [5.41, 5.74) is 0.511. The maximum absolute atomic E-state index is 12.7. The Morgan fingerprint density at radius 1 is 1.55 bits per heavy atom. The van der Waals surface area contributed by atoms with Gasteiger partial charge in [-0.3, -0.25) is 0 Å². The maximum atomic E-state index is 12.7. The van der Waals surface area contributed by atoms with E-state index in [2.05, 4.69) is 0 Å². The first-order valence-corrected chi connectivity index (χ1v) is 3.75. The molecule has 0 aliphatic heterocycles. The highest BCUT2D eigenvalue weighted by Gasteiger charge is 1.95. The lowest BCUT2D eigenvalue weighted by Gasteiger charge is -1.95. The van der Waals surface area contributed by atoms with E-state index in [1.54, 1.807) is 13.8 Å². The van der Waals surface area contributed by atoms with Crippen molar-refractivity contribution in [3.63, 3.8) is 0 Å². The van der Waals surface area contributed by atoms with E-state index in [1.165, 1.54) is 19.1 Å². The second-order valence-corrected chi connectivity index (χ2v) is 2.48. The molecule has 1 atom stereocenters. The highest BCUT2D eigenvalue weighted by atomic mass is 19.1. The van der Waals surface area contributed by atoms with E-state index in [4.69, 9.17) is 0 Å². The fourth-order valence-corrected chi connectivity index (χ4v) is 0.646. The molecule has 0 bridgehead atoms. The van der Waals surface area contributed by atoms with Gasteiger partial charge >= 0.3 is 0 Å². The molecule has 0 aliphatic carbocycles. The Kier molecular flexibility index (Phi) is 4.75. The van der Waals surface area contributed by atoms with Crippen molar-refractivity contribution < 1.29 is 8.78 Å². The SMILES string of the molecule is CC/C(F)=C(C)\C=C/C(C)F. The van der Waals surface area contributed by atoms with Crippen molar-refractivity contribution in [3.8, 4) is 0 Å². The molecule has 0 aliphatic rings. The summed E-state index contributed by atoms with van der Waals surface area (Å²) in [5, 5.41) is 0. The second-order valence-electron chi connectivity index (χ2n) is 2.48. The highest BCUT2D eigenvalue weighted by molar-refractivity contribution is 5.20. The Morgan fingerprint density at radius 2 is 2.09 bits per heavy atom. The van der Waals surface area contributed by atoms with Gasteiger partial charge in [0.15, 0.2) is 0 Å². The van der Waals surface area contributed by atoms with Crippen LogP contribution in [-0.2, 0) is 0 Å². The minimum atomic E-state index is -1.00. The number of hydrogen-bond donors (Lipinski definition) is 0. The molecule has 0 aromatic carbocycles. The molecule has 2 heteroatoms. The quantitative estimate of drug-likeness (QED) is 0.554. The van der Waals surface area contributed by atoms with Gasteiger partial charge in [-0.25, -0.2) is 8.78 Å². The van der Waals surface area contributed by atoms with E-state index < -0.39 is 6.17 Å². The molecule has 64 valence electrons. The van der Waals surface area contributed by atoms with E-state index in [0.717, 1.165) is 0 Å². The van der Waals surface area contributed by atoms with Gasteiger partial charge in [0.1, 0.15) is 12.0 Å². The van der Waals surface area contributed by atoms with Crippen molar-refractivity contribution in [2.45, 2.75) is 33.4 Å². The molecule has 0 aromatic rings. The zero-order valence-electron chi connectivity index (χ0n) is 7.20. The second kappa shape index (κ2) is 5.05. The van der Waals surface area contributed by atoms with Crippen LogP contribution in [-0.4, -0.2) is 6.17 Å². The van der Waals surface area contributed by atoms with Crippen LogP contribution in [0.15, 0.2) is 23.6 Å². The van der Waals surface area contributed by atoms with E-state index in [-0.39, 0.29) is 5.83 Å². The summed E-state index contributed by atoms with van der Waals surface area (Å²) >= 11 is 0. The van der Waals surface area contributed by atoms with Gasteiger partial charge in [0.2, 0.25) is 0 Å². The summed E-state index contributed by atoms with van der Waals surface area (Å²) in [6.45, 7) is 4.77. The normalized spacial score (nSPS) is 16.8. The predicted octanol–water partition coefficient (Wildman–Crippen LogP) is 3.55. The van der Waals surface area contributed by atoms with Gasteiger partial charge in [-0.05, 0) is 25.8 Å². The number of hydrogen-bond acceptors (Lipinski definition) is 0. The van der Waals surface area contributed by atoms with Gasteiger partial charge in [-0.2, -0.15) is 0 Å². The zero-order chi connectivity index (χ0) is 8.85. The molecule has 0 amide bonds. The molecule has 1 unspecified atom stereocenters. The van der Waals surface area contributed by atoms with Crippen molar-refractivity contribution in [1.29, 1.82) is 0 Å². The largest absolute Gasteiger partial charge is 0.243 e. The number of halogens is 2.